The lowest BCUT2D eigenvalue weighted by molar-refractivity contribution is -0.384. The first-order valence-corrected chi connectivity index (χ1v) is 7.40. The van der Waals surface area contributed by atoms with Crippen LogP contribution in [0.25, 0.3) is 0 Å². The number of benzene rings is 1. The molecule has 0 aliphatic heterocycles. The smallest absolute Gasteiger partial charge is 0.315 e. The molecule has 2 atom stereocenters. The Balaban J connectivity index is 2.66. The molecule has 1 aromatic rings. The molecule has 0 aliphatic carbocycles. The predicted octanol–water partition coefficient (Wildman–Crippen LogP) is 2.51. The predicted molar refractivity (Wildman–Crippen MR) is 83.6 cm³/mol. The van der Waals surface area contributed by atoms with Gasteiger partial charge in [-0.15, -0.1) is 0 Å². The van der Waals surface area contributed by atoms with Crippen molar-refractivity contribution in [3.05, 3.63) is 39.9 Å². The first kappa shape index (κ1) is 17.9. The van der Waals surface area contributed by atoms with E-state index in [0.717, 1.165) is 0 Å². The van der Waals surface area contributed by atoms with Gasteiger partial charge in [-0.1, -0.05) is 19.1 Å². The fraction of sp³-hybridized carbons (Fsp3) is 0.533. The van der Waals surface area contributed by atoms with Gasteiger partial charge in [-0.3, -0.25) is 10.1 Å². The average Bonchev–Trinajstić information content (AvgIpc) is 2.50. The van der Waals surface area contributed by atoms with Crippen LogP contribution in [-0.4, -0.2) is 28.7 Å². The minimum absolute atomic E-state index is 0.00877. The zero-order valence-electron chi connectivity index (χ0n) is 12.9. The van der Waals surface area contributed by atoms with Crippen molar-refractivity contribution >= 4 is 11.7 Å². The van der Waals surface area contributed by atoms with E-state index in [9.17, 15) is 14.9 Å². The summed E-state index contributed by atoms with van der Waals surface area (Å²) in [7, 11) is 0. The van der Waals surface area contributed by atoms with Crippen molar-refractivity contribution in [2.45, 2.75) is 45.2 Å². The van der Waals surface area contributed by atoms with E-state index >= 15 is 0 Å². The SMILES string of the molecule is CCC(NC(=O)NC(C)CCCO)c1cccc([N+](=O)[O-])c1. The highest BCUT2D eigenvalue weighted by atomic mass is 16.6. The van der Waals surface area contributed by atoms with Gasteiger partial charge in [0, 0.05) is 24.8 Å². The summed E-state index contributed by atoms with van der Waals surface area (Å²) in [5.74, 6) is 0. The summed E-state index contributed by atoms with van der Waals surface area (Å²) < 4.78 is 0. The fourth-order valence-electron chi connectivity index (χ4n) is 2.17. The van der Waals surface area contributed by atoms with Crippen LogP contribution in [0.3, 0.4) is 0 Å². The maximum absolute atomic E-state index is 12.0. The van der Waals surface area contributed by atoms with Crippen molar-refractivity contribution in [3.63, 3.8) is 0 Å². The van der Waals surface area contributed by atoms with Gasteiger partial charge in [0.25, 0.3) is 5.69 Å². The summed E-state index contributed by atoms with van der Waals surface area (Å²) in [6.45, 7) is 3.86. The summed E-state index contributed by atoms with van der Waals surface area (Å²) in [6.07, 6.45) is 1.95. The molecule has 0 saturated heterocycles. The van der Waals surface area contributed by atoms with Gasteiger partial charge in [-0.05, 0) is 31.7 Å². The van der Waals surface area contributed by atoms with Crippen molar-refractivity contribution in [1.29, 1.82) is 0 Å². The Morgan fingerprint density at radius 1 is 1.41 bits per heavy atom. The van der Waals surface area contributed by atoms with Gasteiger partial charge in [0.2, 0.25) is 0 Å². The standard InChI is InChI=1S/C15H23N3O4/c1-3-14(12-7-4-8-13(10-12)18(21)22)17-15(20)16-11(2)6-5-9-19/h4,7-8,10-11,14,19H,3,5-6,9H2,1-2H3,(H2,16,17,20). The van der Waals surface area contributed by atoms with Crippen molar-refractivity contribution in [3.8, 4) is 0 Å². The molecule has 0 heterocycles. The van der Waals surface area contributed by atoms with Crippen LogP contribution in [0.5, 0.6) is 0 Å². The first-order valence-electron chi connectivity index (χ1n) is 7.40. The van der Waals surface area contributed by atoms with Crippen LogP contribution in [0.1, 0.15) is 44.7 Å². The van der Waals surface area contributed by atoms with E-state index in [4.69, 9.17) is 5.11 Å². The number of aliphatic hydroxyl groups is 1. The molecule has 7 nitrogen and oxygen atoms in total. The second-order valence-electron chi connectivity index (χ2n) is 5.20. The van der Waals surface area contributed by atoms with Crippen LogP contribution >= 0.6 is 0 Å². The number of amides is 2. The lowest BCUT2D eigenvalue weighted by atomic mass is 10.0. The number of nitrogens with zero attached hydrogens (tertiary/aromatic N) is 1. The highest BCUT2D eigenvalue weighted by molar-refractivity contribution is 5.74. The number of urea groups is 1. The third-order valence-electron chi connectivity index (χ3n) is 3.37. The van der Waals surface area contributed by atoms with Crippen LogP contribution in [-0.2, 0) is 0 Å². The number of hydrogen-bond acceptors (Lipinski definition) is 4. The Morgan fingerprint density at radius 2 is 2.14 bits per heavy atom. The maximum atomic E-state index is 12.0. The van der Waals surface area contributed by atoms with Gasteiger partial charge in [0.1, 0.15) is 0 Å². The maximum Gasteiger partial charge on any atom is 0.315 e. The molecule has 0 bridgehead atoms. The Bertz CT molecular complexity index is 507. The van der Waals surface area contributed by atoms with E-state index in [0.29, 0.717) is 24.8 Å². The number of nitro benzene ring substituents is 1. The molecule has 2 amide bonds. The van der Waals surface area contributed by atoms with Crippen LogP contribution in [0, 0.1) is 10.1 Å². The normalized spacial score (nSPS) is 13.2. The second kappa shape index (κ2) is 8.99. The second-order valence-corrected chi connectivity index (χ2v) is 5.20. The molecular weight excluding hydrogens is 286 g/mol. The molecule has 0 aromatic heterocycles. The Labute approximate surface area is 129 Å². The van der Waals surface area contributed by atoms with E-state index in [-0.39, 0.29) is 30.4 Å². The van der Waals surface area contributed by atoms with Crippen LogP contribution < -0.4 is 10.6 Å². The van der Waals surface area contributed by atoms with Gasteiger partial charge < -0.3 is 15.7 Å². The molecule has 0 fully saturated rings. The van der Waals surface area contributed by atoms with Gasteiger partial charge in [0.15, 0.2) is 0 Å². The molecular formula is C15H23N3O4. The zero-order chi connectivity index (χ0) is 16.5. The minimum atomic E-state index is -0.451. The zero-order valence-corrected chi connectivity index (χ0v) is 12.9. The number of nitro groups is 1. The molecule has 0 saturated carbocycles. The van der Waals surface area contributed by atoms with Crippen molar-refractivity contribution in [1.82, 2.24) is 10.6 Å². The Morgan fingerprint density at radius 3 is 2.73 bits per heavy atom. The molecule has 22 heavy (non-hydrogen) atoms. The number of non-ortho nitro benzene ring substituents is 1. The Kier molecular flexibility index (Phi) is 7.31. The monoisotopic (exact) mass is 309 g/mol. The van der Waals surface area contributed by atoms with Gasteiger partial charge in [0.05, 0.1) is 11.0 Å². The minimum Gasteiger partial charge on any atom is -0.396 e. The van der Waals surface area contributed by atoms with E-state index < -0.39 is 4.92 Å². The molecule has 2 unspecified atom stereocenters. The molecule has 0 radical (unpaired) electrons. The molecule has 7 heteroatoms. The molecule has 0 spiro atoms. The summed E-state index contributed by atoms with van der Waals surface area (Å²) in [5, 5.41) is 25.2. The van der Waals surface area contributed by atoms with E-state index in [1.807, 2.05) is 13.8 Å². The van der Waals surface area contributed by atoms with Gasteiger partial charge >= 0.3 is 6.03 Å². The number of aliphatic hydroxyl groups excluding tert-OH is 1. The number of carbonyl (C=O) groups is 1. The number of carbonyl (C=O) groups excluding carboxylic acids is 1. The average molecular weight is 309 g/mol. The van der Waals surface area contributed by atoms with Crippen LogP contribution in [0.2, 0.25) is 0 Å². The molecule has 0 aliphatic rings. The van der Waals surface area contributed by atoms with Crippen molar-refractivity contribution < 1.29 is 14.8 Å². The lowest BCUT2D eigenvalue weighted by Crippen LogP contribution is -2.42. The third kappa shape index (κ3) is 5.69. The summed E-state index contributed by atoms with van der Waals surface area (Å²) in [6, 6.07) is 5.62. The van der Waals surface area contributed by atoms with Crippen LogP contribution in [0.4, 0.5) is 10.5 Å². The largest absolute Gasteiger partial charge is 0.396 e. The molecule has 3 N–H and O–H groups in total. The number of nitrogens with one attached hydrogen (secondary N) is 2. The summed E-state index contributed by atoms with van der Waals surface area (Å²) >= 11 is 0. The molecule has 122 valence electrons. The quantitative estimate of drug-likeness (QED) is 0.507. The third-order valence-corrected chi connectivity index (χ3v) is 3.37. The molecule has 1 aromatic carbocycles. The molecule has 1 rings (SSSR count). The first-order chi connectivity index (χ1) is 10.5. The summed E-state index contributed by atoms with van der Waals surface area (Å²) in [5.41, 5.74) is 0.712. The highest BCUT2D eigenvalue weighted by Crippen LogP contribution is 2.21. The number of hydrogen-bond donors (Lipinski definition) is 3. The van der Waals surface area contributed by atoms with Crippen molar-refractivity contribution in [2.75, 3.05) is 6.61 Å². The van der Waals surface area contributed by atoms with Gasteiger partial charge in [-0.25, -0.2) is 4.79 Å². The fourth-order valence-corrected chi connectivity index (χ4v) is 2.17. The van der Waals surface area contributed by atoms with E-state index in [1.165, 1.54) is 12.1 Å². The van der Waals surface area contributed by atoms with E-state index in [2.05, 4.69) is 10.6 Å². The topological polar surface area (TPSA) is 104 Å². The Hall–Kier alpha value is -2.15. The number of rotatable bonds is 8. The van der Waals surface area contributed by atoms with Crippen molar-refractivity contribution in [2.24, 2.45) is 0 Å². The van der Waals surface area contributed by atoms with Gasteiger partial charge in [-0.2, -0.15) is 0 Å². The summed E-state index contributed by atoms with van der Waals surface area (Å²) in [4.78, 5) is 22.3. The highest BCUT2D eigenvalue weighted by Gasteiger charge is 2.16. The van der Waals surface area contributed by atoms with Crippen LogP contribution in [0.15, 0.2) is 24.3 Å². The lowest BCUT2D eigenvalue weighted by Gasteiger charge is -2.20. The van der Waals surface area contributed by atoms with E-state index in [1.54, 1.807) is 12.1 Å².